The van der Waals surface area contributed by atoms with E-state index in [-0.39, 0.29) is 11.6 Å². The average molecular weight is 419 g/mol. The van der Waals surface area contributed by atoms with Crippen LogP contribution in [0.4, 0.5) is 0 Å². The predicted molar refractivity (Wildman–Crippen MR) is 121 cm³/mol. The molecule has 0 radical (unpaired) electrons. The lowest BCUT2D eigenvalue weighted by Crippen LogP contribution is -2.52. The van der Waals surface area contributed by atoms with E-state index in [1.807, 2.05) is 36.5 Å². The Hall–Kier alpha value is -2.77. The summed E-state index contributed by atoms with van der Waals surface area (Å²) >= 11 is 0. The van der Waals surface area contributed by atoms with E-state index >= 15 is 0 Å². The lowest BCUT2D eigenvalue weighted by molar-refractivity contribution is 0.0544. The van der Waals surface area contributed by atoms with Gasteiger partial charge in [-0.25, -0.2) is 0 Å². The first-order valence-corrected chi connectivity index (χ1v) is 11.1. The molecule has 31 heavy (non-hydrogen) atoms. The Balaban J connectivity index is 1.45. The molecule has 1 saturated heterocycles. The third-order valence-electron chi connectivity index (χ3n) is 6.78. The van der Waals surface area contributed by atoms with Crippen molar-refractivity contribution >= 4 is 11.4 Å². The summed E-state index contributed by atoms with van der Waals surface area (Å²) in [6, 6.07) is 12.1. The molecule has 1 aliphatic carbocycles. The molecular weight excluding hydrogens is 388 g/mol. The lowest BCUT2D eigenvalue weighted by Gasteiger charge is -2.42. The summed E-state index contributed by atoms with van der Waals surface area (Å²) in [7, 11) is 2.17. The van der Waals surface area contributed by atoms with Gasteiger partial charge < -0.3 is 15.0 Å². The van der Waals surface area contributed by atoms with E-state index in [1.165, 1.54) is 0 Å². The van der Waals surface area contributed by atoms with Gasteiger partial charge in [-0.1, -0.05) is 24.3 Å². The van der Waals surface area contributed by atoms with Crippen molar-refractivity contribution in [3.63, 3.8) is 0 Å². The topological polar surface area (TPSA) is 69.8 Å². The van der Waals surface area contributed by atoms with Crippen LogP contribution in [0, 0.1) is 5.41 Å². The second-order valence-corrected chi connectivity index (χ2v) is 9.18. The van der Waals surface area contributed by atoms with Crippen LogP contribution in [0.15, 0.2) is 42.6 Å². The fourth-order valence-corrected chi connectivity index (χ4v) is 4.77. The van der Waals surface area contributed by atoms with Crippen molar-refractivity contribution in [1.82, 2.24) is 24.4 Å². The molecule has 3 aromatic rings. The first kappa shape index (κ1) is 20.2. The number of rotatable bonds is 4. The minimum absolute atomic E-state index is 0.0478. The van der Waals surface area contributed by atoms with Crippen LogP contribution in [0.2, 0.25) is 0 Å². The lowest BCUT2D eigenvalue weighted by atomic mass is 9.88. The van der Waals surface area contributed by atoms with Gasteiger partial charge in [-0.3, -0.25) is 9.30 Å². The average Bonchev–Trinajstić information content (AvgIpc) is 3.20. The smallest absolute Gasteiger partial charge is 0.161 e. The van der Waals surface area contributed by atoms with Gasteiger partial charge in [0, 0.05) is 43.0 Å². The highest BCUT2D eigenvalue weighted by Crippen LogP contribution is 2.34. The third kappa shape index (κ3) is 3.62. The maximum Gasteiger partial charge on any atom is 0.161 e. The van der Waals surface area contributed by atoms with Crippen molar-refractivity contribution in [2.75, 3.05) is 33.2 Å². The molecule has 2 aromatic heterocycles. The molecule has 1 fully saturated rings. The molecule has 1 aliphatic heterocycles. The monoisotopic (exact) mass is 418 g/mol. The first-order valence-electron chi connectivity index (χ1n) is 11.1. The molecule has 5 rings (SSSR count). The minimum Gasteiger partial charge on any atom is -0.484 e. The van der Waals surface area contributed by atoms with E-state index in [4.69, 9.17) is 10.1 Å². The molecule has 0 unspecified atom stereocenters. The highest BCUT2D eigenvalue weighted by Gasteiger charge is 2.35. The van der Waals surface area contributed by atoms with Gasteiger partial charge in [-0.15, -0.1) is 10.2 Å². The molecule has 0 saturated carbocycles. The van der Waals surface area contributed by atoms with E-state index in [0.29, 0.717) is 5.71 Å². The molecular formula is C24H30N6O. The molecule has 7 heteroatoms. The Morgan fingerprint density at radius 1 is 1.03 bits per heavy atom. The van der Waals surface area contributed by atoms with Gasteiger partial charge in [-0.2, -0.15) is 0 Å². The number of piperazine rings is 1. The van der Waals surface area contributed by atoms with Gasteiger partial charge in [0.2, 0.25) is 0 Å². The van der Waals surface area contributed by atoms with Crippen LogP contribution in [0.5, 0.6) is 5.75 Å². The van der Waals surface area contributed by atoms with Gasteiger partial charge in [-0.05, 0) is 45.9 Å². The number of nitrogens with zero attached hydrogens (tertiary/aromatic N) is 5. The van der Waals surface area contributed by atoms with Crippen LogP contribution in [0.1, 0.15) is 49.7 Å². The summed E-state index contributed by atoms with van der Waals surface area (Å²) in [5.74, 6) is 1.74. The van der Waals surface area contributed by atoms with Crippen molar-refractivity contribution in [2.24, 2.45) is 0 Å². The van der Waals surface area contributed by atoms with Gasteiger partial charge in [0.25, 0.3) is 0 Å². The highest BCUT2D eigenvalue weighted by atomic mass is 16.5. The van der Waals surface area contributed by atoms with Crippen molar-refractivity contribution in [2.45, 2.75) is 38.3 Å². The largest absolute Gasteiger partial charge is 0.484 e. The third-order valence-corrected chi connectivity index (χ3v) is 6.78. The number of pyridine rings is 1. The normalized spacial score (nSPS) is 20.7. The van der Waals surface area contributed by atoms with Gasteiger partial charge in [0.05, 0.1) is 11.7 Å². The van der Waals surface area contributed by atoms with Gasteiger partial charge in [0.15, 0.2) is 11.5 Å². The molecule has 0 bridgehead atoms. The second kappa shape index (κ2) is 7.73. The number of aromatic nitrogens is 3. The van der Waals surface area contributed by atoms with Gasteiger partial charge in [0.1, 0.15) is 11.9 Å². The summed E-state index contributed by atoms with van der Waals surface area (Å²) in [5, 5.41) is 17.2. The highest BCUT2D eigenvalue weighted by molar-refractivity contribution is 6.00. The predicted octanol–water partition coefficient (Wildman–Crippen LogP) is 3.49. The number of likely N-dealkylation sites (N-methyl/N-ethyl adjacent to an activating group) is 1. The molecule has 1 N–H and O–H groups in total. The Bertz CT molecular complexity index is 1110. The van der Waals surface area contributed by atoms with Crippen molar-refractivity contribution < 1.29 is 4.74 Å². The minimum atomic E-state index is -0.230. The summed E-state index contributed by atoms with van der Waals surface area (Å²) in [5.41, 5.74) is 3.39. The summed E-state index contributed by atoms with van der Waals surface area (Å²) in [6.45, 7) is 8.60. The standard InChI is InChI=1S/C24H30N6O/c1-24(2,29-14-12-28(3)13-15-29)23-27-26-22-11-8-17(16-30(22)23)31-21-10-9-20(25)18-6-4-5-7-19(18)21/h4-8,11,16,21,25H,9-10,12-15H2,1-3H3/t21-/m1/s1. The zero-order valence-corrected chi connectivity index (χ0v) is 18.5. The maximum absolute atomic E-state index is 8.25. The molecule has 3 heterocycles. The van der Waals surface area contributed by atoms with Crippen LogP contribution in [0.3, 0.4) is 0 Å². The first-order chi connectivity index (χ1) is 14.9. The second-order valence-electron chi connectivity index (χ2n) is 9.18. The maximum atomic E-state index is 8.25. The summed E-state index contributed by atoms with van der Waals surface area (Å²) < 4.78 is 8.52. The molecule has 1 atom stereocenters. The van der Waals surface area contributed by atoms with Crippen LogP contribution in [-0.4, -0.2) is 63.3 Å². The number of nitrogens with one attached hydrogen (secondary N) is 1. The van der Waals surface area contributed by atoms with E-state index in [0.717, 1.165) is 67.4 Å². The van der Waals surface area contributed by atoms with Crippen LogP contribution in [0.25, 0.3) is 5.65 Å². The van der Waals surface area contributed by atoms with Crippen molar-refractivity contribution in [3.8, 4) is 5.75 Å². The Labute approximate surface area is 183 Å². The Morgan fingerprint density at radius 3 is 2.61 bits per heavy atom. The zero-order chi connectivity index (χ0) is 21.6. The fraction of sp³-hybridized carbons (Fsp3) is 0.458. The number of fused-ring (bicyclic) bond motifs is 2. The Kier molecular flexibility index (Phi) is 5.02. The van der Waals surface area contributed by atoms with Gasteiger partial charge >= 0.3 is 0 Å². The number of ether oxygens (including phenoxy) is 1. The molecule has 7 nitrogen and oxygen atoms in total. The van der Waals surface area contributed by atoms with Crippen LogP contribution < -0.4 is 4.74 Å². The molecule has 0 spiro atoms. The SMILES string of the molecule is CN1CCN(C(C)(C)c2nnc3ccc(O[C@@H]4CCC(=N)c5ccccc54)cn23)CC1. The Morgan fingerprint density at radius 2 is 1.81 bits per heavy atom. The molecule has 0 amide bonds. The van der Waals surface area contributed by atoms with Crippen molar-refractivity contribution in [3.05, 3.63) is 59.5 Å². The summed E-state index contributed by atoms with van der Waals surface area (Å²) in [6.07, 6.45) is 3.52. The van der Waals surface area contributed by atoms with E-state index < -0.39 is 0 Å². The van der Waals surface area contributed by atoms with Crippen LogP contribution in [-0.2, 0) is 5.54 Å². The van der Waals surface area contributed by atoms with Crippen molar-refractivity contribution in [1.29, 1.82) is 5.41 Å². The quantitative estimate of drug-likeness (QED) is 0.702. The van der Waals surface area contributed by atoms with E-state index in [2.05, 4.69) is 51.4 Å². The fourth-order valence-electron chi connectivity index (χ4n) is 4.77. The molecule has 2 aliphatic rings. The summed E-state index contributed by atoms with van der Waals surface area (Å²) in [4.78, 5) is 4.85. The molecule has 1 aromatic carbocycles. The number of hydrogen-bond donors (Lipinski definition) is 1. The zero-order valence-electron chi connectivity index (χ0n) is 18.5. The number of hydrogen-bond acceptors (Lipinski definition) is 6. The van der Waals surface area contributed by atoms with E-state index in [1.54, 1.807) is 0 Å². The number of benzene rings is 1. The molecule has 162 valence electrons. The van der Waals surface area contributed by atoms with E-state index in [9.17, 15) is 0 Å². The van der Waals surface area contributed by atoms with Crippen LogP contribution >= 0.6 is 0 Å².